The molecule has 0 aromatic rings. The average Bonchev–Trinajstić information content (AvgIpc) is 2.34. The van der Waals surface area contributed by atoms with Gasteiger partial charge in [-0.2, -0.15) is 0 Å². The number of rotatable bonds is 3. The molecule has 0 fully saturated rings. The summed E-state index contributed by atoms with van der Waals surface area (Å²) in [6.45, 7) is 9.11. The average molecular weight is 266 g/mol. The van der Waals surface area contributed by atoms with Crippen molar-refractivity contribution in [1.82, 2.24) is 10.2 Å². The highest BCUT2D eigenvalue weighted by Crippen LogP contribution is 2.18. The maximum atomic E-state index is 12.1. The molecule has 0 aliphatic carbocycles. The number of likely N-dealkylation sites (N-methyl/N-ethyl adjacent to an activating group) is 1. The number of carbonyl (C=O) groups excluding carboxylic acids is 1. The van der Waals surface area contributed by atoms with E-state index in [1.807, 2.05) is 27.8 Å². The predicted octanol–water partition coefficient (Wildman–Crippen LogP) is 3.07. The van der Waals surface area contributed by atoms with Crippen molar-refractivity contribution in [3.63, 3.8) is 0 Å². The highest BCUT2D eigenvalue weighted by atomic mass is 16.6. The number of nitrogens with zero attached hydrogens (tertiary/aromatic N) is 1. The van der Waals surface area contributed by atoms with Gasteiger partial charge in [0.15, 0.2) is 0 Å². The highest BCUT2D eigenvalue weighted by molar-refractivity contribution is 5.69. The van der Waals surface area contributed by atoms with Gasteiger partial charge in [-0.1, -0.05) is 19.1 Å². The summed E-state index contributed by atoms with van der Waals surface area (Å²) >= 11 is 0. The molecule has 0 saturated heterocycles. The van der Waals surface area contributed by atoms with Crippen molar-refractivity contribution in [3.8, 4) is 0 Å². The summed E-state index contributed by atoms with van der Waals surface area (Å²) < 4.78 is 5.42. The zero-order valence-corrected chi connectivity index (χ0v) is 12.7. The molecule has 0 aromatic carbocycles. The number of nitrogens with one attached hydrogen (secondary N) is 1. The van der Waals surface area contributed by atoms with Crippen molar-refractivity contribution in [2.45, 2.75) is 46.1 Å². The number of hydrogen-bond donors (Lipinski definition) is 1. The van der Waals surface area contributed by atoms with Crippen molar-refractivity contribution in [3.05, 3.63) is 23.4 Å². The van der Waals surface area contributed by atoms with Crippen LogP contribution in [-0.4, -0.2) is 36.7 Å². The van der Waals surface area contributed by atoms with Crippen molar-refractivity contribution in [2.24, 2.45) is 0 Å². The van der Waals surface area contributed by atoms with E-state index in [4.69, 9.17) is 4.74 Å². The van der Waals surface area contributed by atoms with Gasteiger partial charge in [-0.15, -0.1) is 0 Å². The quantitative estimate of drug-likeness (QED) is 0.853. The van der Waals surface area contributed by atoms with Crippen molar-refractivity contribution >= 4 is 6.09 Å². The van der Waals surface area contributed by atoms with Gasteiger partial charge in [0.2, 0.25) is 0 Å². The first kappa shape index (κ1) is 15.6. The van der Waals surface area contributed by atoms with Gasteiger partial charge in [-0.25, -0.2) is 4.79 Å². The van der Waals surface area contributed by atoms with Crippen LogP contribution in [0.3, 0.4) is 0 Å². The standard InChI is InChI=1S/C15H26N2O2/c1-6-8-13(16-5)12-9-7-10-17(11-12)14(18)19-15(2,3)4/h8-9,16H,6-7,10-11H2,1-5H3/b13-8-. The fraction of sp³-hybridized carbons (Fsp3) is 0.667. The molecule has 4 nitrogen and oxygen atoms in total. The Morgan fingerprint density at radius 1 is 1.53 bits per heavy atom. The van der Waals surface area contributed by atoms with Crippen LogP contribution in [0.2, 0.25) is 0 Å². The third-order valence-corrected chi connectivity index (χ3v) is 2.83. The molecule has 4 heteroatoms. The first-order chi connectivity index (χ1) is 8.87. The second kappa shape index (κ2) is 6.64. The summed E-state index contributed by atoms with van der Waals surface area (Å²) in [5.74, 6) is 0. The van der Waals surface area contributed by atoms with Crippen molar-refractivity contribution in [2.75, 3.05) is 20.1 Å². The van der Waals surface area contributed by atoms with E-state index in [1.54, 1.807) is 4.90 Å². The molecule has 1 heterocycles. The van der Waals surface area contributed by atoms with Crippen LogP contribution in [-0.2, 0) is 4.74 Å². The molecule has 0 bridgehead atoms. The topological polar surface area (TPSA) is 41.6 Å². The maximum absolute atomic E-state index is 12.1. The smallest absolute Gasteiger partial charge is 0.410 e. The summed E-state index contributed by atoms with van der Waals surface area (Å²) in [6, 6.07) is 0. The molecular weight excluding hydrogens is 240 g/mol. The maximum Gasteiger partial charge on any atom is 0.410 e. The molecular formula is C15H26N2O2. The van der Waals surface area contributed by atoms with Gasteiger partial charge < -0.3 is 15.0 Å². The monoisotopic (exact) mass is 266 g/mol. The molecule has 108 valence electrons. The summed E-state index contributed by atoms with van der Waals surface area (Å²) in [5.41, 5.74) is 1.83. The predicted molar refractivity (Wildman–Crippen MR) is 77.9 cm³/mol. The lowest BCUT2D eigenvalue weighted by Gasteiger charge is -2.31. The zero-order valence-electron chi connectivity index (χ0n) is 12.7. The van der Waals surface area contributed by atoms with Gasteiger partial charge in [-0.3, -0.25) is 0 Å². The minimum absolute atomic E-state index is 0.231. The first-order valence-electron chi connectivity index (χ1n) is 6.92. The van der Waals surface area contributed by atoms with Crippen LogP contribution in [0.15, 0.2) is 23.4 Å². The Bertz CT molecular complexity index is 378. The second-order valence-corrected chi connectivity index (χ2v) is 5.70. The Hall–Kier alpha value is -1.45. The Labute approximate surface area is 116 Å². The second-order valence-electron chi connectivity index (χ2n) is 5.70. The fourth-order valence-corrected chi connectivity index (χ4v) is 2.02. The lowest BCUT2D eigenvalue weighted by molar-refractivity contribution is 0.0263. The molecule has 0 unspecified atom stereocenters. The van der Waals surface area contributed by atoms with E-state index in [0.717, 1.165) is 25.1 Å². The van der Waals surface area contributed by atoms with E-state index in [-0.39, 0.29) is 6.09 Å². The molecule has 0 aromatic heterocycles. The molecule has 19 heavy (non-hydrogen) atoms. The van der Waals surface area contributed by atoms with Crippen LogP contribution < -0.4 is 5.32 Å². The van der Waals surface area contributed by atoms with E-state index in [2.05, 4.69) is 24.4 Å². The molecule has 1 aliphatic rings. The van der Waals surface area contributed by atoms with Crippen LogP contribution in [0.4, 0.5) is 4.79 Å². The largest absolute Gasteiger partial charge is 0.444 e. The first-order valence-corrected chi connectivity index (χ1v) is 6.92. The van der Waals surface area contributed by atoms with E-state index >= 15 is 0 Å². The lowest BCUT2D eigenvalue weighted by Crippen LogP contribution is -2.40. The van der Waals surface area contributed by atoms with Gasteiger partial charge in [0.1, 0.15) is 5.60 Å². The number of carbonyl (C=O) groups is 1. The van der Waals surface area contributed by atoms with E-state index < -0.39 is 5.60 Å². The van der Waals surface area contributed by atoms with Crippen molar-refractivity contribution in [1.29, 1.82) is 0 Å². The number of ether oxygens (including phenoxy) is 1. The molecule has 1 aliphatic heterocycles. The Morgan fingerprint density at radius 3 is 2.74 bits per heavy atom. The third-order valence-electron chi connectivity index (χ3n) is 2.83. The third kappa shape index (κ3) is 4.97. The normalized spacial score (nSPS) is 17.0. The van der Waals surface area contributed by atoms with Gasteiger partial charge in [0.05, 0.1) is 6.54 Å². The Kier molecular flexibility index (Phi) is 5.45. The molecule has 1 amide bonds. The molecule has 0 spiro atoms. The SMILES string of the molecule is CC/C=C(\NC)C1=CCCN(C(=O)OC(C)(C)C)C1. The molecule has 1 rings (SSSR count). The lowest BCUT2D eigenvalue weighted by atomic mass is 10.1. The highest BCUT2D eigenvalue weighted by Gasteiger charge is 2.24. The molecule has 1 N–H and O–H groups in total. The van der Waals surface area contributed by atoms with Gasteiger partial charge in [0.25, 0.3) is 0 Å². The molecule has 0 atom stereocenters. The van der Waals surface area contributed by atoms with Crippen molar-refractivity contribution < 1.29 is 9.53 Å². The summed E-state index contributed by atoms with van der Waals surface area (Å²) in [5, 5.41) is 3.19. The Morgan fingerprint density at radius 2 is 2.21 bits per heavy atom. The van der Waals surface area contributed by atoms with Crippen LogP contribution in [0, 0.1) is 0 Å². The van der Waals surface area contributed by atoms with Gasteiger partial charge >= 0.3 is 6.09 Å². The van der Waals surface area contributed by atoms with Crippen LogP contribution in [0.5, 0.6) is 0 Å². The minimum Gasteiger partial charge on any atom is -0.444 e. The molecule has 0 radical (unpaired) electrons. The number of amides is 1. The van der Waals surface area contributed by atoms with Gasteiger partial charge in [-0.05, 0) is 39.2 Å². The summed E-state index contributed by atoms with van der Waals surface area (Å²) in [6.07, 6.45) is 5.95. The zero-order chi connectivity index (χ0) is 14.5. The van der Waals surface area contributed by atoms with E-state index in [0.29, 0.717) is 6.54 Å². The van der Waals surface area contributed by atoms with Crippen LogP contribution >= 0.6 is 0 Å². The Balaban J connectivity index is 2.71. The summed E-state index contributed by atoms with van der Waals surface area (Å²) in [4.78, 5) is 13.8. The van der Waals surface area contributed by atoms with Crippen LogP contribution in [0.1, 0.15) is 40.5 Å². The molecule has 0 saturated carbocycles. The van der Waals surface area contributed by atoms with Crippen LogP contribution in [0.25, 0.3) is 0 Å². The number of hydrogen-bond acceptors (Lipinski definition) is 3. The number of allylic oxidation sites excluding steroid dienone is 1. The van der Waals surface area contributed by atoms with Gasteiger partial charge in [0, 0.05) is 19.3 Å². The summed E-state index contributed by atoms with van der Waals surface area (Å²) in [7, 11) is 1.91. The fourth-order valence-electron chi connectivity index (χ4n) is 2.02. The minimum atomic E-state index is -0.441. The van der Waals surface area contributed by atoms with E-state index in [1.165, 1.54) is 5.57 Å². The van der Waals surface area contributed by atoms with E-state index in [9.17, 15) is 4.79 Å².